The minimum atomic E-state index is -0.550. The van der Waals surface area contributed by atoms with Crippen LogP contribution in [0.1, 0.15) is 52.9 Å². The van der Waals surface area contributed by atoms with Gasteiger partial charge < -0.3 is 14.5 Å². The van der Waals surface area contributed by atoms with Crippen LogP contribution in [0.5, 0.6) is 0 Å². The maximum Gasteiger partial charge on any atom is 0.349 e. The van der Waals surface area contributed by atoms with E-state index in [1.54, 1.807) is 6.92 Å². The van der Waals surface area contributed by atoms with Crippen LogP contribution >= 0.6 is 0 Å². The van der Waals surface area contributed by atoms with E-state index in [0.717, 1.165) is 32.1 Å². The molecule has 2 aliphatic rings. The zero-order valence-electron chi connectivity index (χ0n) is 15.6. The Morgan fingerprint density at radius 3 is 2.67 bits per heavy atom. The van der Waals surface area contributed by atoms with Gasteiger partial charge in [-0.15, -0.1) is 0 Å². The molecule has 2 aromatic rings. The third-order valence-electron chi connectivity index (χ3n) is 5.58. The first-order valence-electron chi connectivity index (χ1n) is 9.74. The van der Waals surface area contributed by atoms with E-state index in [1.807, 2.05) is 24.3 Å². The van der Waals surface area contributed by atoms with E-state index >= 15 is 0 Å². The van der Waals surface area contributed by atoms with Crippen molar-refractivity contribution in [1.29, 1.82) is 0 Å². The van der Waals surface area contributed by atoms with Crippen LogP contribution in [0.15, 0.2) is 45.6 Å². The molecule has 27 heavy (non-hydrogen) atoms. The van der Waals surface area contributed by atoms with Crippen LogP contribution in [-0.2, 0) is 17.6 Å². The normalized spacial score (nSPS) is 23.5. The first kappa shape index (κ1) is 18.0. The van der Waals surface area contributed by atoms with Gasteiger partial charge in [0.25, 0.3) is 5.91 Å². The molecular weight excluding hydrogens is 342 g/mol. The van der Waals surface area contributed by atoms with Gasteiger partial charge in [0.05, 0.1) is 18.2 Å². The molecule has 2 saturated heterocycles. The van der Waals surface area contributed by atoms with Crippen molar-refractivity contribution in [2.75, 3.05) is 0 Å². The standard InChI is InChI=1S/C22H25NO4/c1-14-12-16(9-5-8-15-6-3-2-4-7-15)27-22(25)20(14)21(24)23-18-13-17-10-11-19(18)26-17/h2-4,6-7,12,17-19H,5,8-11,13H2,1H3,(H,23,24)/t17-,18+,19+/m0/s1. The number of hydrogen-bond donors (Lipinski definition) is 1. The third kappa shape index (κ3) is 3.98. The number of carbonyl (C=O) groups excluding carboxylic acids is 1. The summed E-state index contributed by atoms with van der Waals surface area (Å²) in [6.45, 7) is 1.80. The molecule has 1 amide bonds. The van der Waals surface area contributed by atoms with Crippen molar-refractivity contribution in [3.8, 4) is 0 Å². The second-order valence-electron chi connectivity index (χ2n) is 7.59. The summed E-state index contributed by atoms with van der Waals surface area (Å²) < 4.78 is 11.2. The highest BCUT2D eigenvalue weighted by Crippen LogP contribution is 2.34. The predicted octanol–water partition coefficient (Wildman–Crippen LogP) is 3.17. The number of rotatable bonds is 6. The molecule has 5 heteroatoms. The van der Waals surface area contributed by atoms with Gasteiger partial charge in [0, 0.05) is 6.42 Å². The van der Waals surface area contributed by atoms with Crippen LogP contribution in [0, 0.1) is 6.92 Å². The van der Waals surface area contributed by atoms with Gasteiger partial charge in [-0.25, -0.2) is 4.79 Å². The van der Waals surface area contributed by atoms with Gasteiger partial charge in [0.2, 0.25) is 0 Å². The predicted molar refractivity (Wildman–Crippen MR) is 102 cm³/mol. The molecule has 142 valence electrons. The molecule has 0 radical (unpaired) electrons. The molecule has 5 nitrogen and oxygen atoms in total. The van der Waals surface area contributed by atoms with Gasteiger partial charge in [0.1, 0.15) is 11.3 Å². The zero-order chi connectivity index (χ0) is 18.8. The molecule has 3 atom stereocenters. The highest BCUT2D eigenvalue weighted by atomic mass is 16.5. The second-order valence-corrected chi connectivity index (χ2v) is 7.59. The molecule has 3 heterocycles. The number of ether oxygens (including phenoxy) is 1. The smallest absolute Gasteiger partial charge is 0.349 e. The van der Waals surface area contributed by atoms with Crippen molar-refractivity contribution < 1.29 is 13.9 Å². The van der Waals surface area contributed by atoms with E-state index in [2.05, 4.69) is 17.4 Å². The van der Waals surface area contributed by atoms with Gasteiger partial charge in [-0.3, -0.25) is 4.79 Å². The van der Waals surface area contributed by atoms with E-state index in [9.17, 15) is 9.59 Å². The molecule has 1 aromatic heterocycles. The van der Waals surface area contributed by atoms with Crippen LogP contribution in [-0.4, -0.2) is 24.2 Å². The zero-order valence-corrected chi connectivity index (χ0v) is 15.6. The molecule has 0 unspecified atom stereocenters. The number of carbonyl (C=O) groups is 1. The second kappa shape index (κ2) is 7.69. The molecular formula is C22H25NO4. The van der Waals surface area contributed by atoms with Crippen LogP contribution < -0.4 is 10.9 Å². The van der Waals surface area contributed by atoms with Gasteiger partial charge in [0.15, 0.2) is 0 Å². The summed E-state index contributed by atoms with van der Waals surface area (Å²) in [5.74, 6) is 0.284. The van der Waals surface area contributed by atoms with Crippen LogP contribution in [0.2, 0.25) is 0 Å². The van der Waals surface area contributed by atoms with Crippen molar-refractivity contribution in [1.82, 2.24) is 5.32 Å². The average Bonchev–Trinajstić information content (AvgIpc) is 3.25. The lowest BCUT2D eigenvalue weighted by Crippen LogP contribution is -2.43. The molecule has 0 aliphatic carbocycles. The Balaban J connectivity index is 1.39. The summed E-state index contributed by atoms with van der Waals surface area (Å²) in [7, 11) is 0. The van der Waals surface area contributed by atoms with E-state index in [-0.39, 0.29) is 29.7 Å². The van der Waals surface area contributed by atoms with Crippen molar-refractivity contribution in [3.63, 3.8) is 0 Å². The third-order valence-corrected chi connectivity index (χ3v) is 5.58. The van der Waals surface area contributed by atoms with Crippen molar-refractivity contribution in [3.05, 3.63) is 69.3 Å². The maximum absolute atomic E-state index is 12.6. The minimum Gasteiger partial charge on any atom is -0.427 e. The SMILES string of the molecule is Cc1cc(CCCc2ccccc2)oc(=O)c1C(=O)N[C@@H]1C[C@@H]2CC[C@H]1O2. The van der Waals surface area contributed by atoms with Crippen molar-refractivity contribution in [2.45, 2.75) is 63.7 Å². The number of fused-ring (bicyclic) bond motifs is 2. The number of amides is 1. The fraction of sp³-hybridized carbons (Fsp3) is 0.455. The average molecular weight is 367 g/mol. The fourth-order valence-corrected chi connectivity index (χ4v) is 4.21. The molecule has 0 spiro atoms. The van der Waals surface area contributed by atoms with E-state index < -0.39 is 5.63 Å². The first-order valence-corrected chi connectivity index (χ1v) is 9.74. The summed E-state index contributed by atoms with van der Waals surface area (Å²) in [6.07, 6.45) is 5.70. The number of aryl methyl sites for hydroxylation is 3. The molecule has 1 N–H and O–H groups in total. The highest BCUT2D eigenvalue weighted by molar-refractivity contribution is 5.95. The van der Waals surface area contributed by atoms with E-state index in [0.29, 0.717) is 17.7 Å². The van der Waals surface area contributed by atoms with Gasteiger partial charge in [-0.2, -0.15) is 0 Å². The van der Waals surface area contributed by atoms with E-state index in [4.69, 9.17) is 9.15 Å². The Hall–Kier alpha value is -2.40. The Kier molecular flexibility index (Phi) is 5.12. The Morgan fingerprint density at radius 1 is 1.19 bits per heavy atom. The lowest BCUT2D eigenvalue weighted by molar-refractivity contribution is 0.0837. The Bertz CT molecular complexity index is 874. The van der Waals surface area contributed by atoms with Gasteiger partial charge in [-0.1, -0.05) is 30.3 Å². The van der Waals surface area contributed by atoms with Crippen LogP contribution in [0.25, 0.3) is 0 Å². The Labute approximate surface area is 158 Å². The largest absolute Gasteiger partial charge is 0.427 e. The van der Waals surface area contributed by atoms with Crippen LogP contribution in [0.3, 0.4) is 0 Å². The quantitative estimate of drug-likeness (QED) is 0.851. The molecule has 2 bridgehead atoms. The summed E-state index contributed by atoms with van der Waals surface area (Å²) in [4.78, 5) is 25.0. The lowest BCUT2D eigenvalue weighted by atomic mass is 9.95. The molecule has 1 aromatic carbocycles. The number of benzene rings is 1. The maximum atomic E-state index is 12.6. The lowest BCUT2D eigenvalue weighted by Gasteiger charge is -2.20. The monoisotopic (exact) mass is 367 g/mol. The topological polar surface area (TPSA) is 68.5 Å². The summed E-state index contributed by atoms with van der Waals surface area (Å²) in [6, 6.07) is 12.0. The van der Waals surface area contributed by atoms with Gasteiger partial charge >= 0.3 is 5.63 Å². The van der Waals surface area contributed by atoms with Crippen LogP contribution in [0.4, 0.5) is 0 Å². The number of hydrogen-bond acceptors (Lipinski definition) is 4. The first-order chi connectivity index (χ1) is 13.1. The summed E-state index contributed by atoms with van der Waals surface area (Å²) >= 11 is 0. The van der Waals surface area contributed by atoms with E-state index in [1.165, 1.54) is 5.56 Å². The summed E-state index contributed by atoms with van der Waals surface area (Å²) in [5, 5.41) is 2.97. The summed E-state index contributed by atoms with van der Waals surface area (Å²) in [5.41, 5.74) is 1.50. The molecule has 2 aliphatic heterocycles. The molecule has 4 rings (SSSR count). The minimum absolute atomic E-state index is 0.000555. The fourth-order valence-electron chi connectivity index (χ4n) is 4.21. The highest BCUT2D eigenvalue weighted by Gasteiger charge is 2.41. The molecule has 2 fully saturated rings. The van der Waals surface area contributed by atoms with Gasteiger partial charge in [-0.05, 0) is 56.2 Å². The van der Waals surface area contributed by atoms with Crippen molar-refractivity contribution in [2.24, 2.45) is 0 Å². The molecule has 0 saturated carbocycles. The van der Waals surface area contributed by atoms with Crippen molar-refractivity contribution >= 4 is 5.91 Å². The number of nitrogens with one attached hydrogen (secondary N) is 1. The Morgan fingerprint density at radius 2 is 2.00 bits per heavy atom.